The van der Waals surface area contributed by atoms with Gasteiger partial charge < -0.3 is 10.2 Å². The number of sulfonamides is 1. The average Bonchev–Trinajstić information content (AvgIpc) is 3.11. The SMILES string of the molecule is CCC1(c2ccc(F)cc2)NC(=O)N(CC(=O)N2CCN(S(=O)(=O)c3ccc(F)c(Cl)c3)CC2)C1=O. The Bertz CT molecular complexity index is 1320. The van der Waals surface area contributed by atoms with Gasteiger partial charge in [-0.3, -0.25) is 14.5 Å². The lowest BCUT2D eigenvalue weighted by Gasteiger charge is -2.34. The molecule has 4 amide bonds. The molecule has 36 heavy (non-hydrogen) atoms. The molecule has 13 heteroatoms. The van der Waals surface area contributed by atoms with Crippen molar-refractivity contribution in [1.82, 2.24) is 19.4 Å². The van der Waals surface area contributed by atoms with Crippen LogP contribution in [0.3, 0.4) is 0 Å². The van der Waals surface area contributed by atoms with Crippen LogP contribution in [-0.2, 0) is 25.2 Å². The molecule has 4 rings (SSSR count). The zero-order valence-corrected chi connectivity index (χ0v) is 20.8. The summed E-state index contributed by atoms with van der Waals surface area (Å²) in [7, 11) is -3.95. The van der Waals surface area contributed by atoms with E-state index in [-0.39, 0.29) is 42.5 Å². The highest BCUT2D eigenvalue weighted by Crippen LogP contribution is 2.32. The quantitative estimate of drug-likeness (QED) is 0.566. The lowest BCUT2D eigenvalue weighted by Crippen LogP contribution is -2.53. The number of nitrogens with one attached hydrogen (secondary N) is 1. The van der Waals surface area contributed by atoms with E-state index in [1.807, 2.05) is 0 Å². The van der Waals surface area contributed by atoms with Gasteiger partial charge in [0.2, 0.25) is 15.9 Å². The Labute approximate surface area is 211 Å². The molecule has 2 aliphatic heterocycles. The lowest BCUT2D eigenvalue weighted by atomic mass is 9.87. The topological polar surface area (TPSA) is 107 Å². The van der Waals surface area contributed by atoms with Crippen molar-refractivity contribution in [2.75, 3.05) is 32.7 Å². The summed E-state index contributed by atoms with van der Waals surface area (Å²) in [4.78, 5) is 40.8. The van der Waals surface area contributed by atoms with Crippen molar-refractivity contribution >= 4 is 39.5 Å². The van der Waals surface area contributed by atoms with Crippen LogP contribution in [0, 0.1) is 11.6 Å². The monoisotopic (exact) mass is 540 g/mol. The minimum Gasteiger partial charge on any atom is -0.338 e. The molecule has 2 aromatic rings. The van der Waals surface area contributed by atoms with Gasteiger partial charge >= 0.3 is 6.03 Å². The predicted octanol–water partition coefficient (Wildman–Crippen LogP) is 2.31. The number of hydrogen-bond donors (Lipinski definition) is 1. The summed E-state index contributed by atoms with van der Waals surface area (Å²) in [5.41, 5.74) is -1.01. The fraction of sp³-hybridized carbons (Fsp3) is 0.348. The maximum atomic E-state index is 13.4. The molecule has 2 fully saturated rings. The van der Waals surface area contributed by atoms with Crippen LogP contribution in [-0.4, -0.2) is 73.1 Å². The number of urea groups is 1. The minimum atomic E-state index is -3.95. The Morgan fingerprint density at radius 2 is 1.69 bits per heavy atom. The molecule has 9 nitrogen and oxygen atoms in total. The first-order valence-corrected chi connectivity index (χ1v) is 12.9. The number of benzene rings is 2. The van der Waals surface area contributed by atoms with E-state index in [2.05, 4.69) is 5.32 Å². The minimum absolute atomic E-state index is 0.0301. The Morgan fingerprint density at radius 1 is 1.06 bits per heavy atom. The van der Waals surface area contributed by atoms with Gasteiger partial charge in [-0.05, 0) is 42.3 Å². The van der Waals surface area contributed by atoms with Crippen molar-refractivity contribution < 1.29 is 31.6 Å². The molecule has 0 radical (unpaired) electrons. The Morgan fingerprint density at radius 3 is 2.28 bits per heavy atom. The molecule has 0 spiro atoms. The van der Waals surface area contributed by atoms with E-state index >= 15 is 0 Å². The molecule has 0 saturated carbocycles. The number of nitrogens with zero attached hydrogens (tertiary/aromatic N) is 3. The first kappa shape index (κ1) is 26.0. The molecule has 192 valence electrons. The van der Waals surface area contributed by atoms with Crippen molar-refractivity contribution in [2.24, 2.45) is 0 Å². The van der Waals surface area contributed by atoms with Crippen molar-refractivity contribution in [1.29, 1.82) is 0 Å². The number of rotatable bonds is 6. The maximum absolute atomic E-state index is 13.4. The fourth-order valence-electron chi connectivity index (χ4n) is 4.34. The highest BCUT2D eigenvalue weighted by atomic mass is 35.5. The van der Waals surface area contributed by atoms with E-state index in [1.165, 1.54) is 29.2 Å². The van der Waals surface area contributed by atoms with Gasteiger partial charge in [-0.15, -0.1) is 0 Å². The van der Waals surface area contributed by atoms with Crippen LogP contribution in [0.2, 0.25) is 5.02 Å². The summed E-state index contributed by atoms with van der Waals surface area (Å²) in [6.07, 6.45) is 0.192. The maximum Gasteiger partial charge on any atom is 0.325 e. The molecule has 0 bridgehead atoms. The van der Waals surface area contributed by atoms with Crippen molar-refractivity contribution in [2.45, 2.75) is 23.8 Å². The van der Waals surface area contributed by atoms with Gasteiger partial charge in [0, 0.05) is 26.2 Å². The van der Waals surface area contributed by atoms with E-state index in [9.17, 15) is 31.6 Å². The first-order valence-electron chi connectivity index (χ1n) is 11.1. The molecule has 2 aromatic carbocycles. The van der Waals surface area contributed by atoms with Crippen molar-refractivity contribution in [3.05, 3.63) is 64.7 Å². The van der Waals surface area contributed by atoms with Gasteiger partial charge in [0.1, 0.15) is 23.7 Å². The lowest BCUT2D eigenvalue weighted by molar-refractivity contribution is -0.139. The molecule has 2 saturated heterocycles. The van der Waals surface area contributed by atoms with Gasteiger partial charge in [0.05, 0.1) is 9.92 Å². The smallest absolute Gasteiger partial charge is 0.325 e. The zero-order chi connectivity index (χ0) is 26.3. The van der Waals surface area contributed by atoms with Crippen molar-refractivity contribution in [3.63, 3.8) is 0 Å². The van der Waals surface area contributed by atoms with Gasteiger partial charge in [-0.25, -0.2) is 22.0 Å². The first-order chi connectivity index (χ1) is 17.0. The van der Waals surface area contributed by atoms with Gasteiger partial charge in [0.15, 0.2) is 0 Å². The molecule has 0 aromatic heterocycles. The Hall–Kier alpha value is -3.09. The summed E-state index contributed by atoms with van der Waals surface area (Å²) >= 11 is 5.71. The van der Waals surface area contributed by atoms with E-state index < -0.39 is 51.6 Å². The van der Waals surface area contributed by atoms with E-state index in [0.29, 0.717) is 5.56 Å². The van der Waals surface area contributed by atoms with Crippen LogP contribution in [0.15, 0.2) is 47.4 Å². The average molecular weight is 541 g/mol. The normalized spacial score (nSPS) is 21.1. The molecule has 1 N–H and O–H groups in total. The number of imide groups is 1. The third-order valence-electron chi connectivity index (χ3n) is 6.46. The largest absolute Gasteiger partial charge is 0.338 e. The zero-order valence-electron chi connectivity index (χ0n) is 19.2. The highest BCUT2D eigenvalue weighted by molar-refractivity contribution is 7.89. The number of piperazine rings is 1. The summed E-state index contributed by atoms with van der Waals surface area (Å²) in [6.45, 7) is 1.19. The summed E-state index contributed by atoms with van der Waals surface area (Å²) < 4.78 is 53.7. The number of carbonyl (C=O) groups is 3. The summed E-state index contributed by atoms with van der Waals surface area (Å²) in [5, 5.41) is 2.32. The van der Waals surface area contributed by atoms with Crippen LogP contribution in [0.5, 0.6) is 0 Å². The van der Waals surface area contributed by atoms with E-state index in [4.69, 9.17) is 11.6 Å². The second kappa shape index (κ2) is 9.75. The highest BCUT2D eigenvalue weighted by Gasteiger charge is 2.52. The van der Waals surface area contributed by atoms with E-state index in [0.717, 1.165) is 27.4 Å². The Balaban J connectivity index is 1.42. The molecule has 2 heterocycles. The number of halogens is 3. The molecule has 2 aliphatic rings. The van der Waals surface area contributed by atoms with Crippen LogP contribution in [0.4, 0.5) is 13.6 Å². The predicted molar refractivity (Wildman–Crippen MR) is 125 cm³/mol. The molecule has 0 aliphatic carbocycles. The van der Waals surface area contributed by atoms with Crippen LogP contribution in [0.1, 0.15) is 18.9 Å². The van der Waals surface area contributed by atoms with Crippen LogP contribution >= 0.6 is 11.6 Å². The van der Waals surface area contributed by atoms with Gasteiger partial charge in [-0.2, -0.15) is 4.31 Å². The van der Waals surface area contributed by atoms with Crippen LogP contribution < -0.4 is 5.32 Å². The summed E-state index contributed by atoms with van der Waals surface area (Å²) in [6, 6.07) is 7.58. The van der Waals surface area contributed by atoms with Gasteiger partial charge in [-0.1, -0.05) is 30.7 Å². The Kier molecular flexibility index (Phi) is 7.04. The second-order valence-corrected chi connectivity index (χ2v) is 10.8. The molecule has 1 atom stereocenters. The van der Waals surface area contributed by atoms with Crippen molar-refractivity contribution in [3.8, 4) is 0 Å². The number of carbonyl (C=O) groups excluding carboxylic acids is 3. The molecular weight excluding hydrogens is 518 g/mol. The molecular formula is C23H23ClF2N4O5S. The third-order valence-corrected chi connectivity index (χ3v) is 8.64. The number of hydrogen-bond acceptors (Lipinski definition) is 5. The fourth-order valence-corrected chi connectivity index (χ4v) is 6.04. The third kappa shape index (κ3) is 4.56. The standard InChI is InChI=1S/C23H23ClF2N4O5S/c1-2-23(15-3-5-16(25)6-4-15)21(32)30(22(33)27-23)14-20(31)28-9-11-29(12-10-28)36(34,35)17-7-8-19(26)18(24)13-17/h3-8,13H,2,9-12,14H2,1H3,(H,27,33). The van der Waals surface area contributed by atoms with E-state index in [1.54, 1.807) is 6.92 Å². The second-order valence-electron chi connectivity index (χ2n) is 8.45. The summed E-state index contributed by atoms with van der Waals surface area (Å²) in [5.74, 6) is -2.37. The number of amides is 4. The van der Waals surface area contributed by atoms with Crippen LogP contribution in [0.25, 0.3) is 0 Å². The molecule has 1 unspecified atom stereocenters. The van der Waals surface area contributed by atoms with Gasteiger partial charge in [0.25, 0.3) is 5.91 Å².